The lowest BCUT2D eigenvalue weighted by atomic mass is 9.86. The largest absolute Gasteiger partial charge is 0.306 e. The minimum atomic E-state index is -3.26. The molecule has 10 rings (SSSR count). The molecule has 0 unspecified atom stereocenters. The van der Waals surface area contributed by atoms with Crippen LogP contribution in [0.4, 0.5) is 0 Å². The topological polar surface area (TPSA) is 61.4 Å². The first-order valence-electron chi connectivity index (χ1n) is 21.5. The third kappa shape index (κ3) is 6.13. The maximum absolute atomic E-state index is 5.87. The average Bonchev–Trinajstić information content (AvgIpc) is 3.82. The lowest BCUT2D eigenvalue weighted by Gasteiger charge is -2.32. The number of para-hydroxylation sites is 2. The molecular weight excluding hydrogens is 761 g/mol. The summed E-state index contributed by atoms with van der Waals surface area (Å²) in [4.78, 5) is 22.7. The Morgan fingerprint density at radius 3 is 1.03 bits per heavy atom. The molecule has 0 fully saturated rings. The highest BCUT2D eigenvalue weighted by Crippen LogP contribution is 2.35. The Hall–Kier alpha value is -6.70. The Bertz CT molecular complexity index is 2990. The molecule has 0 saturated carbocycles. The third-order valence-corrected chi connectivity index (χ3v) is 17.8. The van der Waals surface area contributed by atoms with Crippen molar-refractivity contribution in [3.05, 3.63) is 181 Å². The van der Waals surface area contributed by atoms with Crippen molar-refractivity contribution in [2.45, 2.75) is 65.2 Å². The smallest absolute Gasteiger partial charge is 0.223 e. The summed E-state index contributed by atoms with van der Waals surface area (Å²) in [6.45, 7) is 13.6. The van der Waals surface area contributed by atoms with Crippen LogP contribution in [0.2, 0.25) is 0 Å². The van der Waals surface area contributed by atoms with Gasteiger partial charge in [0.05, 0.1) is 22.1 Å². The minimum absolute atomic E-state index is 0.0991. The number of hydrogen-bond donors (Lipinski definition) is 0. The van der Waals surface area contributed by atoms with E-state index in [9.17, 15) is 0 Å². The molecule has 61 heavy (non-hydrogen) atoms. The van der Waals surface area contributed by atoms with Crippen LogP contribution >= 0.6 is 0 Å². The van der Waals surface area contributed by atoms with E-state index in [2.05, 4.69) is 221 Å². The monoisotopic (exact) mass is 810 g/mol. The molecule has 10 aromatic rings. The minimum Gasteiger partial charge on any atom is -0.306 e. The zero-order valence-electron chi connectivity index (χ0n) is 35.8. The van der Waals surface area contributed by atoms with Crippen molar-refractivity contribution in [1.29, 1.82) is 0 Å². The van der Waals surface area contributed by atoms with E-state index in [-0.39, 0.29) is 10.8 Å². The predicted molar refractivity (Wildman–Crippen MR) is 257 cm³/mol. The fraction of sp³-hybridized carbons (Fsp3) is 0.185. The Labute approximate surface area is 358 Å². The molecule has 6 aromatic heterocycles. The van der Waals surface area contributed by atoms with Crippen LogP contribution in [0, 0.1) is 0 Å². The molecule has 7 heteroatoms. The van der Waals surface area contributed by atoms with E-state index < -0.39 is 8.07 Å². The van der Waals surface area contributed by atoms with Gasteiger partial charge in [0.25, 0.3) is 0 Å². The Morgan fingerprint density at radius 2 is 0.689 bits per heavy atom. The first kappa shape index (κ1) is 38.5. The van der Waals surface area contributed by atoms with Crippen molar-refractivity contribution in [1.82, 2.24) is 29.1 Å². The van der Waals surface area contributed by atoms with Gasteiger partial charge in [-0.2, -0.15) is 0 Å². The molecule has 6 heterocycles. The van der Waals surface area contributed by atoms with Crippen LogP contribution < -0.4 is 21.0 Å². The van der Waals surface area contributed by atoms with Crippen LogP contribution in [0.5, 0.6) is 0 Å². The first-order chi connectivity index (χ1) is 29.7. The van der Waals surface area contributed by atoms with Crippen LogP contribution in [-0.4, -0.2) is 37.1 Å². The van der Waals surface area contributed by atoms with Crippen LogP contribution in [0.3, 0.4) is 0 Å². The molecule has 0 saturated heterocycles. The second-order valence-electron chi connectivity index (χ2n) is 17.6. The summed E-state index contributed by atoms with van der Waals surface area (Å²) in [6, 6.07) is 61.0. The second kappa shape index (κ2) is 14.8. The summed E-state index contributed by atoms with van der Waals surface area (Å²) in [6.07, 6.45) is 1.95. The highest BCUT2D eigenvalue weighted by Gasteiger charge is 2.45. The maximum atomic E-state index is 5.87. The molecule has 0 spiro atoms. The van der Waals surface area contributed by atoms with Crippen LogP contribution in [-0.2, 0) is 10.8 Å². The zero-order chi connectivity index (χ0) is 41.9. The van der Waals surface area contributed by atoms with E-state index in [1.165, 1.54) is 10.4 Å². The van der Waals surface area contributed by atoms with Gasteiger partial charge in [-0.25, -0.2) is 9.97 Å². The highest BCUT2D eigenvalue weighted by atomic mass is 28.3. The van der Waals surface area contributed by atoms with Gasteiger partial charge in [-0.1, -0.05) is 139 Å². The summed E-state index contributed by atoms with van der Waals surface area (Å²) in [7, 11) is -3.26. The zero-order valence-corrected chi connectivity index (χ0v) is 36.8. The van der Waals surface area contributed by atoms with Crippen molar-refractivity contribution >= 4 is 73.2 Å². The van der Waals surface area contributed by atoms with E-state index in [1.54, 1.807) is 0 Å². The number of benzene rings is 4. The van der Waals surface area contributed by atoms with Crippen LogP contribution in [0.15, 0.2) is 170 Å². The fourth-order valence-electron chi connectivity index (χ4n) is 9.00. The standard InChI is InChI=1S/C54H50N6Si/c1-7-53(3,4)45-33-29-41-49(55-45)51-43(59(41)37-21-13-9-14-22-37)31-35-47(57-51)61(39-25-17-11-18-26-39,40-27-19-12-20-28-40)48-36-32-44-52(58-48)50-42(60(44)38-23-15-10-16-24-38)30-34-46(56-50)54(5,6)8-2/h9-36H,7-8H2,1-6H3. The van der Waals surface area contributed by atoms with Gasteiger partial charge in [0.1, 0.15) is 22.1 Å². The molecule has 6 nitrogen and oxygen atoms in total. The SMILES string of the molecule is CCC(C)(C)c1ccc2c(n1)c1nc([Si](c3ccccc3)(c3ccccc3)c3ccc4c(n3)c3nc(C(C)(C)CC)ccc3n4-c3ccccc3)ccc1n2-c1ccccc1. The molecule has 0 radical (unpaired) electrons. The Kier molecular flexibility index (Phi) is 9.33. The van der Waals surface area contributed by atoms with Gasteiger partial charge in [-0.15, -0.1) is 0 Å². The quantitative estimate of drug-likeness (QED) is 0.129. The average molecular weight is 811 g/mol. The molecule has 0 N–H and O–H groups in total. The number of fused-ring (bicyclic) bond motifs is 6. The van der Waals surface area contributed by atoms with Gasteiger partial charge in [0, 0.05) is 44.2 Å². The van der Waals surface area contributed by atoms with Gasteiger partial charge in [0.15, 0.2) is 0 Å². The van der Waals surface area contributed by atoms with Crippen molar-refractivity contribution in [2.24, 2.45) is 0 Å². The molecule has 0 atom stereocenters. The van der Waals surface area contributed by atoms with Crippen molar-refractivity contribution < 1.29 is 0 Å². The lowest BCUT2D eigenvalue weighted by molar-refractivity contribution is 0.492. The summed E-state index contributed by atoms with van der Waals surface area (Å²) < 4.78 is 4.63. The summed E-state index contributed by atoms with van der Waals surface area (Å²) >= 11 is 0. The Balaban J connectivity index is 1.33. The fourth-order valence-corrected chi connectivity index (χ4v) is 13.4. The van der Waals surface area contributed by atoms with Crippen LogP contribution in [0.25, 0.3) is 55.5 Å². The highest BCUT2D eigenvalue weighted by molar-refractivity contribution is 7.19. The molecule has 0 aliphatic carbocycles. The van der Waals surface area contributed by atoms with E-state index in [1.807, 2.05) is 0 Å². The maximum Gasteiger partial charge on any atom is 0.223 e. The van der Waals surface area contributed by atoms with E-state index >= 15 is 0 Å². The third-order valence-electron chi connectivity index (χ3n) is 13.3. The molecule has 0 bridgehead atoms. The number of nitrogens with zero attached hydrogens (tertiary/aromatic N) is 6. The first-order valence-corrected chi connectivity index (χ1v) is 23.5. The van der Waals surface area contributed by atoms with Crippen molar-refractivity contribution in [3.63, 3.8) is 0 Å². The van der Waals surface area contributed by atoms with Gasteiger partial charge in [0.2, 0.25) is 8.07 Å². The molecule has 300 valence electrons. The normalized spacial score (nSPS) is 12.6. The molecular formula is C54H50N6Si. The predicted octanol–water partition coefficient (Wildman–Crippen LogP) is 10.2. The summed E-state index contributed by atoms with van der Waals surface area (Å²) in [5.74, 6) is 0. The molecule has 0 aliphatic heterocycles. The van der Waals surface area contributed by atoms with Gasteiger partial charge in [-0.05, 0) is 96.0 Å². The molecule has 0 amide bonds. The number of pyridine rings is 4. The van der Waals surface area contributed by atoms with Crippen LogP contribution in [0.1, 0.15) is 65.8 Å². The Morgan fingerprint density at radius 1 is 0.377 bits per heavy atom. The van der Waals surface area contributed by atoms with Crippen molar-refractivity contribution in [2.75, 3.05) is 0 Å². The molecule has 0 aliphatic rings. The summed E-state index contributed by atoms with van der Waals surface area (Å²) in [5, 5.41) is 4.43. The van der Waals surface area contributed by atoms with E-state index in [0.717, 1.165) is 90.4 Å². The van der Waals surface area contributed by atoms with Gasteiger partial charge < -0.3 is 9.13 Å². The van der Waals surface area contributed by atoms with E-state index in [4.69, 9.17) is 19.9 Å². The molecule has 4 aromatic carbocycles. The van der Waals surface area contributed by atoms with Gasteiger partial charge in [-0.3, -0.25) is 9.97 Å². The number of hydrogen-bond acceptors (Lipinski definition) is 4. The van der Waals surface area contributed by atoms with Crippen molar-refractivity contribution in [3.8, 4) is 11.4 Å². The van der Waals surface area contributed by atoms with E-state index in [0.29, 0.717) is 0 Å². The lowest BCUT2D eigenvalue weighted by Crippen LogP contribution is -2.76. The number of rotatable bonds is 10. The summed E-state index contributed by atoms with van der Waals surface area (Å²) in [5.41, 5.74) is 11.8. The second-order valence-corrected chi connectivity index (χ2v) is 21.2. The van der Waals surface area contributed by atoms with Gasteiger partial charge >= 0.3 is 0 Å². The number of aromatic nitrogens is 6.